The Bertz CT molecular complexity index is 318. The number of ketones is 2. The zero-order valence-electron chi connectivity index (χ0n) is 11.6. The maximum atomic E-state index is 11.9. The molecular weight excluding hydrogens is 248 g/mol. The average Bonchev–Trinajstić information content (AvgIpc) is 2.34. The van der Waals surface area contributed by atoms with E-state index in [2.05, 4.69) is 5.32 Å². The summed E-state index contributed by atoms with van der Waals surface area (Å²) in [5, 5.41) is 11.7. The summed E-state index contributed by atoms with van der Waals surface area (Å²) in [7, 11) is 0. The van der Waals surface area contributed by atoms with Gasteiger partial charge in [0.1, 0.15) is 5.78 Å². The molecule has 6 nitrogen and oxygen atoms in total. The van der Waals surface area contributed by atoms with Crippen molar-refractivity contribution in [2.45, 2.75) is 45.6 Å². The topological polar surface area (TPSA) is 109 Å². The monoisotopic (exact) mass is 272 g/mol. The number of aliphatic hydroxyl groups excluding tert-OH is 1. The number of Topliss-reactive ketones (excluding diaryl/α,β-unsaturated/α-hetero) is 2. The summed E-state index contributed by atoms with van der Waals surface area (Å²) < 4.78 is 0. The maximum Gasteiger partial charge on any atom is 0.226 e. The molecule has 19 heavy (non-hydrogen) atoms. The van der Waals surface area contributed by atoms with Crippen LogP contribution in [0.25, 0.3) is 0 Å². The van der Waals surface area contributed by atoms with Crippen molar-refractivity contribution >= 4 is 17.5 Å². The molecule has 0 aliphatic carbocycles. The standard InChI is InChI=1S/C13H24N2O4/c1-9(17)7-11(8-16)13(19)15-12(10(2)18)5-3-4-6-14/h11-12,16H,3-8,14H2,1-2H3,(H,15,19)/t11-,12-/m0/s1. The Hall–Kier alpha value is -1.27. The molecule has 2 atom stereocenters. The first-order chi connectivity index (χ1) is 8.92. The van der Waals surface area contributed by atoms with E-state index in [0.717, 1.165) is 12.8 Å². The summed E-state index contributed by atoms with van der Waals surface area (Å²) in [6.45, 7) is 2.91. The first kappa shape index (κ1) is 17.7. The number of nitrogens with one attached hydrogen (secondary N) is 1. The minimum Gasteiger partial charge on any atom is -0.396 e. The third kappa shape index (κ3) is 7.69. The maximum absolute atomic E-state index is 11.9. The Morgan fingerprint density at radius 1 is 1.21 bits per heavy atom. The number of hydrogen-bond acceptors (Lipinski definition) is 5. The average molecular weight is 272 g/mol. The van der Waals surface area contributed by atoms with Crippen LogP contribution in [-0.4, -0.2) is 41.8 Å². The highest BCUT2D eigenvalue weighted by atomic mass is 16.3. The first-order valence-corrected chi connectivity index (χ1v) is 6.53. The molecule has 0 heterocycles. The molecule has 110 valence electrons. The second kappa shape index (κ2) is 9.63. The molecule has 0 fully saturated rings. The van der Waals surface area contributed by atoms with E-state index in [1.165, 1.54) is 13.8 Å². The Morgan fingerprint density at radius 3 is 2.26 bits per heavy atom. The van der Waals surface area contributed by atoms with Gasteiger partial charge < -0.3 is 21.0 Å². The van der Waals surface area contributed by atoms with Crippen LogP contribution in [0.4, 0.5) is 0 Å². The summed E-state index contributed by atoms with van der Waals surface area (Å²) >= 11 is 0. The molecule has 0 rings (SSSR count). The number of rotatable bonds is 10. The molecule has 0 unspecified atom stereocenters. The van der Waals surface area contributed by atoms with E-state index in [4.69, 9.17) is 10.8 Å². The van der Waals surface area contributed by atoms with Crippen molar-refractivity contribution in [3.63, 3.8) is 0 Å². The summed E-state index contributed by atoms with van der Waals surface area (Å²) in [6.07, 6.45) is 2.04. The largest absolute Gasteiger partial charge is 0.396 e. The quantitative estimate of drug-likeness (QED) is 0.476. The fourth-order valence-electron chi connectivity index (χ4n) is 1.75. The van der Waals surface area contributed by atoms with Gasteiger partial charge in [-0.1, -0.05) is 0 Å². The number of nitrogens with two attached hydrogens (primary N) is 1. The van der Waals surface area contributed by atoms with Crippen LogP contribution in [-0.2, 0) is 14.4 Å². The lowest BCUT2D eigenvalue weighted by atomic mass is 10.0. The number of unbranched alkanes of at least 4 members (excludes halogenated alkanes) is 1. The Morgan fingerprint density at radius 2 is 1.84 bits per heavy atom. The van der Waals surface area contributed by atoms with E-state index in [1.807, 2.05) is 0 Å². The number of carbonyl (C=O) groups excluding carboxylic acids is 3. The number of aliphatic hydroxyl groups is 1. The lowest BCUT2D eigenvalue weighted by molar-refractivity contribution is -0.132. The molecular formula is C13H24N2O4. The molecule has 0 aromatic carbocycles. The van der Waals surface area contributed by atoms with Crippen molar-refractivity contribution in [1.82, 2.24) is 5.32 Å². The van der Waals surface area contributed by atoms with E-state index in [1.54, 1.807) is 0 Å². The van der Waals surface area contributed by atoms with Gasteiger partial charge in [-0.15, -0.1) is 0 Å². The second-order valence-corrected chi connectivity index (χ2v) is 4.74. The van der Waals surface area contributed by atoms with Gasteiger partial charge in [0.25, 0.3) is 0 Å². The first-order valence-electron chi connectivity index (χ1n) is 6.53. The van der Waals surface area contributed by atoms with Crippen LogP contribution in [0, 0.1) is 5.92 Å². The van der Waals surface area contributed by atoms with Crippen molar-refractivity contribution in [3.05, 3.63) is 0 Å². The van der Waals surface area contributed by atoms with E-state index in [9.17, 15) is 14.4 Å². The number of carbonyl (C=O) groups is 3. The predicted molar refractivity (Wildman–Crippen MR) is 71.4 cm³/mol. The minimum absolute atomic E-state index is 0.0181. The lowest BCUT2D eigenvalue weighted by Gasteiger charge is -2.19. The molecule has 0 aliphatic rings. The number of amides is 1. The summed E-state index contributed by atoms with van der Waals surface area (Å²) in [6, 6.07) is -0.569. The fourth-order valence-corrected chi connectivity index (χ4v) is 1.75. The second-order valence-electron chi connectivity index (χ2n) is 4.74. The van der Waals surface area contributed by atoms with Crippen molar-refractivity contribution in [2.75, 3.05) is 13.2 Å². The van der Waals surface area contributed by atoms with E-state index >= 15 is 0 Å². The van der Waals surface area contributed by atoms with Crippen LogP contribution < -0.4 is 11.1 Å². The molecule has 0 spiro atoms. The van der Waals surface area contributed by atoms with Crippen molar-refractivity contribution in [1.29, 1.82) is 0 Å². The Balaban J connectivity index is 4.43. The molecule has 6 heteroatoms. The van der Waals surface area contributed by atoms with Gasteiger partial charge in [0.15, 0.2) is 5.78 Å². The molecule has 0 aromatic heterocycles. The zero-order chi connectivity index (χ0) is 14.8. The highest BCUT2D eigenvalue weighted by Crippen LogP contribution is 2.07. The molecule has 0 aliphatic heterocycles. The summed E-state index contributed by atoms with van der Waals surface area (Å²) in [5.74, 6) is -1.54. The van der Waals surface area contributed by atoms with Gasteiger partial charge in [-0.05, 0) is 39.7 Å². The van der Waals surface area contributed by atoms with Gasteiger partial charge in [0, 0.05) is 6.42 Å². The third-order valence-corrected chi connectivity index (χ3v) is 2.88. The zero-order valence-corrected chi connectivity index (χ0v) is 11.6. The molecule has 0 saturated carbocycles. The molecule has 1 amide bonds. The Labute approximate surface area is 113 Å². The lowest BCUT2D eigenvalue weighted by Crippen LogP contribution is -2.44. The molecule has 4 N–H and O–H groups in total. The van der Waals surface area contributed by atoms with Crippen LogP contribution in [0.2, 0.25) is 0 Å². The van der Waals surface area contributed by atoms with E-state index in [-0.39, 0.29) is 18.0 Å². The van der Waals surface area contributed by atoms with Crippen LogP contribution in [0.1, 0.15) is 39.5 Å². The van der Waals surface area contributed by atoms with Crippen LogP contribution in [0.15, 0.2) is 0 Å². The molecule has 0 saturated heterocycles. The predicted octanol–water partition coefficient (Wildman–Crippen LogP) is -0.223. The molecule has 0 radical (unpaired) electrons. The normalized spacial score (nSPS) is 13.7. The minimum atomic E-state index is -0.783. The summed E-state index contributed by atoms with van der Waals surface area (Å²) in [5.41, 5.74) is 5.37. The summed E-state index contributed by atoms with van der Waals surface area (Å²) in [4.78, 5) is 34.3. The highest BCUT2D eigenvalue weighted by molar-refractivity contribution is 5.90. The van der Waals surface area contributed by atoms with E-state index in [0.29, 0.717) is 13.0 Å². The number of hydrogen-bond donors (Lipinski definition) is 3. The van der Waals surface area contributed by atoms with Gasteiger partial charge in [0.05, 0.1) is 18.6 Å². The third-order valence-electron chi connectivity index (χ3n) is 2.88. The van der Waals surface area contributed by atoms with E-state index < -0.39 is 24.5 Å². The van der Waals surface area contributed by atoms with Gasteiger partial charge in [-0.2, -0.15) is 0 Å². The van der Waals surface area contributed by atoms with Crippen LogP contribution in [0.5, 0.6) is 0 Å². The van der Waals surface area contributed by atoms with Crippen LogP contribution in [0.3, 0.4) is 0 Å². The van der Waals surface area contributed by atoms with Gasteiger partial charge >= 0.3 is 0 Å². The Kier molecular flexibility index (Phi) is 8.99. The van der Waals surface area contributed by atoms with Crippen molar-refractivity contribution in [2.24, 2.45) is 11.7 Å². The van der Waals surface area contributed by atoms with Crippen LogP contribution >= 0.6 is 0 Å². The smallest absolute Gasteiger partial charge is 0.226 e. The molecule has 0 bridgehead atoms. The van der Waals surface area contributed by atoms with Crippen molar-refractivity contribution in [3.8, 4) is 0 Å². The van der Waals surface area contributed by atoms with Gasteiger partial charge in [0.2, 0.25) is 5.91 Å². The van der Waals surface area contributed by atoms with Gasteiger partial charge in [-0.3, -0.25) is 9.59 Å². The molecule has 0 aromatic rings. The fraction of sp³-hybridized carbons (Fsp3) is 0.769. The highest BCUT2D eigenvalue weighted by Gasteiger charge is 2.23. The van der Waals surface area contributed by atoms with Gasteiger partial charge in [-0.25, -0.2) is 0 Å². The SMILES string of the molecule is CC(=O)C[C@@H](CO)C(=O)N[C@@H](CCCCN)C(C)=O. The van der Waals surface area contributed by atoms with Crippen molar-refractivity contribution < 1.29 is 19.5 Å².